The van der Waals surface area contributed by atoms with Gasteiger partial charge in [0.25, 0.3) is 0 Å². The summed E-state index contributed by atoms with van der Waals surface area (Å²) in [7, 11) is 0. The molecule has 1 heterocycles. The zero-order valence-corrected chi connectivity index (χ0v) is 18.0. The molecule has 5 rings (SSSR count). The minimum Gasteiger partial charge on any atom is -0.399 e. The van der Waals surface area contributed by atoms with Crippen molar-refractivity contribution < 1.29 is 0 Å². The maximum Gasteiger partial charge on any atom is 0.125 e. The number of hydrogen-bond donors (Lipinski definition) is 2. The van der Waals surface area contributed by atoms with Crippen LogP contribution in [0.5, 0.6) is 0 Å². The summed E-state index contributed by atoms with van der Waals surface area (Å²) in [6, 6.07) is 0. The number of nitrogens with one attached hydrogen (secondary N) is 1. The van der Waals surface area contributed by atoms with Gasteiger partial charge in [0.15, 0.2) is 0 Å². The van der Waals surface area contributed by atoms with E-state index >= 15 is 0 Å². The Balaban J connectivity index is 1.42. The lowest BCUT2D eigenvalue weighted by atomic mass is 9.86. The van der Waals surface area contributed by atoms with Crippen LogP contribution >= 0.6 is 0 Å². The van der Waals surface area contributed by atoms with Crippen molar-refractivity contribution in [3.8, 4) is 0 Å². The monoisotopic (exact) mass is 409 g/mol. The van der Waals surface area contributed by atoms with Crippen LogP contribution in [-0.2, 0) is 0 Å². The first-order chi connectivity index (χ1) is 15.3. The molecule has 0 saturated heterocycles. The third-order valence-corrected chi connectivity index (χ3v) is 6.74. The van der Waals surface area contributed by atoms with Gasteiger partial charge in [-0.05, 0) is 67.4 Å². The summed E-state index contributed by atoms with van der Waals surface area (Å²) in [6.45, 7) is 0. The van der Waals surface area contributed by atoms with Gasteiger partial charge in [0, 0.05) is 23.2 Å². The van der Waals surface area contributed by atoms with Crippen molar-refractivity contribution >= 4 is 5.71 Å². The molecular weight excluding hydrogens is 378 g/mol. The first kappa shape index (κ1) is 19.9. The Bertz CT molecular complexity index is 1040. The maximum atomic E-state index is 5.96. The normalized spacial score (nSPS) is 29.9. The van der Waals surface area contributed by atoms with Gasteiger partial charge in [-0.15, -0.1) is 0 Å². The number of aliphatic imine (C=N–C) groups is 1. The first-order valence-electron chi connectivity index (χ1n) is 11.6. The predicted molar refractivity (Wildman–Crippen MR) is 130 cm³/mol. The zero-order valence-electron chi connectivity index (χ0n) is 18.0. The van der Waals surface area contributed by atoms with Gasteiger partial charge in [-0.1, -0.05) is 66.8 Å². The fourth-order valence-corrected chi connectivity index (χ4v) is 4.86. The van der Waals surface area contributed by atoms with Crippen LogP contribution in [0.2, 0.25) is 0 Å². The summed E-state index contributed by atoms with van der Waals surface area (Å²) in [4.78, 5) is 5.18. The van der Waals surface area contributed by atoms with Crippen molar-refractivity contribution in [2.24, 2.45) is 22.6 Å². The largest absolute Gasteiger partial charge is 0.399 e. The number of allylic oxidation sites excluding steroid dienone is 15. The molecule has 0 saturated carbocycles. The lowest BCUT2D eigenvalue weighted by Gasteiger charge is -2.33. The summed E-state index contributed by atoms with van der Waals surface area (Å²) in [5, 5.41) is 3.75. The van der Waals surface area contributed by atoms with Gasteiger partial charge in [0.2, 0.25) is 0 Å². The molecule has 0 aromatic carbocycles. The molecule has 3 atom stereocenters. The van der Waals surface area contributed by atoms with Crippen LogP contribution < -0.4 is 11.1 Å². The van der Waals surface area contributed by atoms with E-state index in [1.807, 2.05) is 6.08 Å². The van der Waals surface area contributed by atoms with E-state index in [1.165, 1.54) is 22.4 Å². The first-order valence-corrected chi connectivity index (χ1v) is 11.6. The van der Waals surface area contributed by atoms with E-state index in [9.17, 15) is 0 Å². The number of nitrogens with two attached hydrogens (primary N) is 1. The molecule has 31 heavy (non-hydrogen) atoms. The van der Waals surface area contributed by atoms with Crippen molar-refractivity contribution in [1.82, 2.24) is 5.32 Å². The molecule has 0 bridgehead atoms. The molecule has 3 nitrogen and oxygen atoms in total. The quantitative estimate of drug-likeness (QED) is 0.624. The molecule has 0 aromatic heterocycles. The van der Waals surface area contributed by atoms with Gasteiger partial charge in [0.1, 0.15) is 6.17 Å². The lowest BCUT2D eigenvalue weighted by Crippen LogP contribution is -2.40. The fourth-order valence-electron chi connectivity index (χ4n) is 4.86. The molecule has 4 aliphatic carbocycles. The molecular formula is C28H31N3. The molecule has 3 heteroatoms. The minimum absolute atomic E-state index is 0.0485. The summed E-state index contributed by atoms with van der Waals surface area (Å²) in [5.74, 6) is 0.712. The molecule has 158 valence electrons. The Morgan fingerprint density at radius 1 is 0.871 bits per heavy atom. The summed E-state index contributed by atoms with van der Waals surface area (Å²) < 4.78 is 0. The molecule has 0 radical (unpaired) electrons. The second-order valence-corrected chi connectivity index (χ2v) is 8.86. The predicted octanol–water partition coefficient (Wildman–Crippen LogP) is 5.71. The second-order valence-electron chi connectivity index (χ2n) is 8.86. The third-order valence-electron chi connectivity index (χ3n) is 6.74. The van der Waals surface area contributed by atoms with Crippen LogP contribution in [0, 0.1) is 11.8 Å². The second kappa shape index (κ2) is 8.97. The van der Waals surface area contributed by atoms with Crippen LogP contribution in [-0.4, -0.2) is 11.9 Å². The highest BCUT2D eigenvalue weighted by Gasteiger charge is 2.27. The average Bonchev–Trinajstić information content (AvgIpc) is 2.85. The molecule has 3 N–H and O–H groups in total. The Kier molecular flexibility index (Phi) is 5.75. The smallest absolute Gasteiger partial charge is 0.125 e. The molecule has 0 fully saturated rings. The van der Waals surface area contributed by atoms with Crippen LogP contribution in [0.3, 0.4) is 0 Å². The van der Waals surface area contributed by atoms with E-state index in [-0.39, 0.29) is 6.17 Å². The lowest BCUT2D eigenvalue weighted by molar-refractivity contribution is 0.431. The summed E-state index contributed by atoms with van der Waals surface area (Å²) in [5.41, 5.74) is 13.6. The average molecular weight is 410 g/mol. The summed E-state index contributed by atoms with van der Waals surface area (Å²) >= 11 is 0. The Morgan fingerprint density at radius 2 is 1.74 bits per heavy atom. The van der Waals surface area contributed by atoms with E-state index in [2.05, 4.69) is 78.2 Å². The highest BCUT2D eigenvalue weighted by Crippen LogP contribution is 2.32. The standard InChI is InChI=1S/C28H31N3/c29-25-17-15-24(16-18-25)28-30-26(22-9-5-2-6-10-22)19-27(31-28)23-13-11-21(12-14-23)20-7-3-1-4-8-20/h1-3,5-7,9,11,13,15,17-19,22,24,28,30H,4,8,10,12,14,16,29H2/t22?,24?,28-/m1/s1. The van der Waals surface area contributed by atoms with Gasteiger partial charge < -0.3 is 11.1 Å². The van der Waals surface area contributed by atoms with Crippen molar-refractivity contribution in [2.75, 3.05) is 0 Å². The van der Waals surface area contributed by atoms with Gasteiger partial charge >= 0.3 is 0 Å². The molecule has 0 amide bonds. The Hall–Kier alpha value is -3.07. The Labute approximate surface area is 185 Å². The van der Waals surface area contributed by atoms with E-state index < -0.39 is 0 Å². The highest BCUT2D eigenvalue weighted by atomic mass is 15.1. The van der Waals surface area contributed by atoms with Crippen molar-refractivity contribution in [3.63, 3.8) is 0 Å². The maximum absolute atomic E-state index is 5.96. The van der Waals surface area contributed by atoms with Gasteiger partial charge in [0.05, 0.1) is 5.71 Å². The number of hydrogen-bond acceptors (Lipinski definition) is 3. The molecule has 5 aliphatic rings. The van der Waals surface area contributed by atoms with Gasteiger partial charge in [-0.3, -0.25) is 4.99 Å². The van der Waals surface area contributed by atoms with Crippen LogP contribution in [0.4, 0.5) is 0 Å². The van der Waals surface area contributed by atoms with Crippen molar-refractivity contribution in [2.45, 2.75) is 44.7 Å². The van der Waals surface area contributed by atoms with Gasteiger partial charge in [-0.25, -0.2) is 0 Å². The topological polar surface area (TPSA) is 50.4 Å². The van der Waals surface area contributed by atoms with Gasteiger partial charge in [-0.2, -0.15) is 0 Å². The summed E-state index contributed by atoms with van der Waals surface area (Å²) in [6.07, 6.45) is 35.3. The zero-order chi connectivity index (χ0) is 21.0. The third kappa shape index (κ3) is 4.51. The van der Waals surface area contributed by atoms with E-state index in [1.54, 1.807) is 0 Å². The van der Waals surface area contributed by atoms with Crippen LogP contribution in [0.25, 0.3) is 0 Å². The molecule has 2 unspecified atom stereocenters. The minimum atomic E-state index is 0.0485. The molecule has 1 aliphatic heterocycles. The number of rotatable bonds is 4. The number of nitrogens with zero attached hydrogens (tertiary/aromatic N) is 1. The fraction of sp³-hybridized carbons (Fsp3) is 0.321. The van der Waals surface area contributed by atoms with Crippen molar-refractivity contribution in [3.05, 3.63) is 107 Å². The van der Waals surface area contributed by atoms with E-state index in [4.69, 9.17) is 10.7 Å². The van der Waals surface area contributed by atoms with Crippen LogP contribution in [0.15, 0.2) is 112 Å². The molecule has 0 spiro atoms. The molecule has 0 aromatic rings. The van der Waals surface area contributed by atoms with Crippen molar-refractivity contribution in [1.29, 1.82) is 0 Å². The van der Waals surface area contributed by atoms with E-state index in [0.29, 0.717) is 11.8 Å². The SMILES string of the molecule is NC1=CCC([C@H]2N=C(C3=CC=C(C4=CC=CCC4)CC3)C=C(C3C=CC=CC3)N2)C=C1. The van der Waals surface area contributed by atoms with Crippen LogP contribution in [0.1, 0.15) is 38.5 Å². The Morgan fingerprint density at radius 3 is 2.45 bits per heavy atom. The highest BCUT2D eigenvalue weighted by molar-refractivity contribution is 6.09. The van der Waals surface area contributed by atoms with E-state index in [0.717, 1.165) is 49.9 Å².